The van der Waals surface area contributed by atoms with E-state index in [0.29, 0.717) is 19.6 Å². The summed E-state index contributed by atoms with van der Waals surface area (Å²) in [4.78, 5) is 16.1. The van der Waals surface area contributed by atoms with Gasteiger partial charge in [0, 0.05) is 106 Å². The highest BCUT2D eigenvalue weighted by Crippen LogP contribution is 2.34. The molecule has 0 bridgehead atoms. The van der Waals surface area contributed by atoms with Gasteiger partial charge in [0.05, 0.1) is 34.2 Å². The summed E-state index contributed by atoms with van der Waals surface area (Å²) in [5.41, 5.74) is 48.5. The highest BCUT2D eigenvalue weighted by atomic mass is 16.5. The van der Waals surface area contributed by atoms with Crippen molar-refractivity contribution in [3.05, 3.63) is 142 Å². The van der Waals surface area contributed by atoms with E-state index >= 15 is 0 Å². The number of anilines is 5. The smallest absolute Gasteiger partial charge is 0.143 e. The molecule has 0 fully saturated rings. The molecule has 0 spiro atoms. The number of rotatable bonds is 10. The molecule has 0 unspecified atom stereocenters. The number of aromatic amines is 5. The van der Waals surface area contributed by atoms with Gasteiger partial charge in [-0.15, -0.1) is 0 Å². The van der Waals surface area contributed by atoms with Crippen LogP contribution in [0.5, 0.6) is 5.75 Å². The van der Waals surface area contributed by atoms with Crippen molar-refractivity contribution in [2.24, 2.45) is 0 Å². The van der Waals surface area contributed by atoms with Crippen LogP contribution in [0.15, 0.2) is 97.6 Å². The largest absolute Gasteiger partial charge is 0.489 e. The Labute approximate surface area is 403 Å². The van der Waals surface area contributed by atoms with Crippen molar-refractivity contribution in [1.82, 2.24) is 24.9 Å². The van der Waals surface area contributed by atoms with E-state index < -0.39 is 0 Å². The molecular weight excluding hydrogens is 865 g/mol. The highest BCUT2D eigenvalue weighted by Gasteiger charge is 2.13. The molecule has 0 amide bonds. The van der Waals surface area contributed by atoms with Crippen molar-refractivity contribution in [1.29, 1.82) is 0 Å². The minimum absolute atomic E-state index is 0.153. The lowest BCUT2D eigenvalue weighted by Gasteiger charge is -2.08. The fourth-order valence-electron chi connectivity index (χ4n) is 8.57. The van der Waals surface area contributed by atoms with Crippen LogP contribution in [-0.2, 0) is 24.0 Å². The van der Waals surface area contributed by atoms with Crippen LogP contribution in [0.1, 0.15) is 58.0 Å². The standard InChI is InChI=1S/C13H18N2O2.C12H16N2O.C11H14N2O.C10H12N2.C9H10N2/c1-8-9(2)15-13-11(17-7-6-16-3)5-4-10(14)12(8)13;1-8-4-5-10(13)11-9(3-2-6-15)7-14-12(8)11;1-7-2-3-9(12)10-8(4-5-14)6-13-11(7)10;1-2-7-3-4-9(11)8-5-6-12-10(7)8;1-6-2-3-8(10)7-4-5-11-9(6)7/h4-5,15H,6-7,14H2,1-3H3;4-5,7,14-15H,2-3,6,13H2,1H3;2-3,6,13-14H,4-5,12H2,1H3;3-6,12H,2,11H2,1H3;2-5,11H,10H2,1H3. The van der Waals surface area contributed by atoms with Gasteiger partial charge in [-0.3, -0.25) is 0 Å². The van der Waals surface area contributed by atoms with Gasteiger partial charge in [-0.1, -0.05) is 31.2 Å². The van der Waals surface area contributed by atoms with E-state index in [1.54, 1.807) is 7.11 Å². The van der Waals surface area contributed by atoms with Gasteiger partial charge < -0.3 is 73.3 Å². The number of aryl methyl sites for hydroxylation is 7. The molecule has 0 radical (unpaired) electrons. The Bertz CT molecular complexity index is 3230. The Morgan fingerprint density at radius 2 is 1.00 bits per heavy atom. The second kappa shape index (κ2) is 23.5. The number of fused-ring (bicyclic) bond motifs is 5. The molecular formula is C55H70N10O4. The number of aliphatic hydroxyl groups is 2. The Morgan fingerprint density at radius 1 is 0.493 bits per heavy atom. The number of aliphatic hydroxyl groups excluding tert-OH is 2. The van der Waals surface area contributed by atoms with E-state index in [-0.39, 0.29) is 13.2 Å². The number of nitrogen functional groups attached to an aromatic ring is 5. The summed E-state index contributed by atoms with van der Waals surface area (Å²) in [6, 6.07) is 23.7. The molecule has 0 aliphatic carbocycles. The summed E-state index contributed by atoms with van der Waals surface area (Å²) in [5.74, 6) is 0.822. The van der Waals surface area contributed by atoms with Crippen LogP contribution in [-0.4, -0.2) is 68.7 Å². The Hall–Kier alpha value is -7.52. The molecule has 14 heteroatoms. The van der Waals surface area contributed by atoms with Crippen LogP contribution in [0, 0.1) is 34.6 Å². The van der Waals surface area contributed by atoms with E-state index in [1.807, 2.05) is 105 Å². The third-order valence-corrected chi connectivity index (χ3v) is 12.5. The van der Waals surface area contributed by atoms with Crippen molar-refractivity contribution >= 4 is 83.0 Å². The first-order valence-corrected chi connectivity index (χ1v) is 23.3. The quantitative estimate of drug-likeness (QED) is 0.0459. The van der Waals surface area contributed by atoms with Gasteiger partial charge in [-0.05, 0) is 148 Å². The van der Waals surface area contributed by atoms with Crippen LogP contribution >= 0.6 is 0 Å². The second-order valence-corrected chi connectivity index (χ2v) is 17.2. The fraction of sp³-hybridized carbons (Fsp3) is 0.273. The van der Waals surface area contributed by atoms with Crippen molar-refractivity contribution in [3.8, 4) is 5.75 Å². The third kappa shape index (κ3) is 11.6. The Morgan fingerprint density at radius 3 is 1.55 bits per heavy atom. The summed E-state index contributed by atoms with van der Waals surface area (Å²) in [7, 11) is 1.66. The van der Waals surface area contributed by atoms with E-state index in [2.05, 4.69) is 58.7 Å². The Kier molecular flexibility index (Phi) is 17.3. The zero-order valence-electron chi connectivity index (χ0n) is 41.0. The molecule has 5 aromatic heterocycles. The van der Waals surface area contributed by atoms with Crippen LogP contribution in [0.25, 0.3) is 54.5 Å². The zero-order valence-corrected chi connectivity index (χ0v) is 41.0. The summed E-state index contributed by atoms with van der Waals surface area (Å²) in [5, 5.41) is 23.2. The molecule has 14 nitrogen and oxygen atoms in total. The third-order valence-electron chi connectivity index (χ3n) is 12.5. The summed E-state index contributed by atoms with van der Waals surface area (Å²) >= 11 is 0. The van der Waals surface area contributed by atoms with Gasteiger partial charge in [0.2, 0.25) is 0 Å². The first-order chi connectivity index (χ1) is 33.2. The fourth-order valence-corrected chi connectivity index (χ4v) is 8.57. The number of benzene rings is 5. The number of nitrogens with one attached hydrogen (secondary N) is 5. The summed E-state index contributed by atoms with van der Waals surface area (Å²) in [6.45, 7) is 13.9. The zero-order chi connectivity index (χ0) is 49.8. The first kappa shape index (κ1) is 50.9. The normalized spacial score (nSPS) is 10.9. The monoisotopic (exact) mass is 935 g/mol. The van der Waals surface area contributed by atoms with Gasteiger partial charge in [-0.25, -0.2) is 0 Å². The predicted molar refractivity (Wildman–Crippen MR) is 290 cm³/mol. The van der Waals surface area contributed by atoms with Gasteiger partial charge in [0.1, 0.15) is 12.4 Å². The molecule has 17 N–H and O–H groups in total. The molecule has 0 saturated carbocycles. The molecule has 0 aliphatic heterocycles. The highest BCUT2D eigenvalue weighted by molar-refractivity contribution is 5.99. The number of hydrogen-bond donors (Lipinski definition) is 12. The lowest BCUT2D eigenvalue weighted by Crippen LogP contribution is -2.04. The van der Waals surface area contributed by atoms with Gasteiger partial charge in [0.25, 0.3) is 0 Å². The van der Waals surface area contributed by atoms with Crippen molar-refractivity contribution in [2.75, 3.05) is 62.2 Å². The molecule has 0 atom stereocenters. The first-order valence-electron chi connectivity index (χ1n) is 23.3. The number of aromatic nitrogens is 5. The topological polar surface area (TPSA) is 268 Å². The second-order valence-electron chi connectivity index (χ2n) is 17.2. The predicted octanol–water partition coefficient (Wildman–Crippen LogP) is 10.3. The van der Waals surface area contributed by atoms with Crippen LogP contribution in [0.4, 0.5) is 28.4 Å². The molecule has 364 valence electrons. The van der Waals surface area contributed by atoms with Crippen molar-refractivity contribution in [2.45, 2.75) is 67.2 Å². The van der Waals surface area contributed by atoms with Crippen molar-refractivity contribution in [3.63, 3.8) is 0 Å². The number of H-pyrrole nitrogens is 5. The number of hydrogen-bond acceptors (Lipinski definition) is 9. The van der Waals surface area contributed by atoms with E-state index in [9.17, 15) is 0 Å². The molecule has 0 aliphatic rings. The Balaban J connectivity index is 0.000000143. The van der Waals surface area contributed by atoms with Gasteiger partial charge in [-0.2, -0.15) is 0 Å². The number of nitrogens with two attached hydrogens (primary N) is 5. The minimum atomic E-state index is 0.153. The maximum atomic E-state index is 8.90. The number of ether oxygens (including phenoxy) is 2. The van der Waals surface area contributed by atoms with Gasteiger partial charge >= 0.3 is 0 Å². The van der Waals surface area contributed by atoms with Crippen molar-refractivity contribution < 1.29 is 19.7 Å². The molecule has 10 rings (SSSR count). The molecule has 69 heavy (non-hydrogen) atoms. The maximum Gasteiger partial charge on any atom is 0.143 e. The van der Waals surface area contributed by atoms with Crippen LogP contribution in [0.3, 0.4) is 0 Å². The summed E-state index contributed by atoms with van der Waals surface area (Å²) < 4.78 is 10.6. The molecule has 10 aromatic rings. The SMILES string of the molecule is CCc1ccc(N)c2cc[nH]c12.COCCOc1ccc(N)c2c(C)c(C)[nH]c12.Cc1ccc(N)c2c(CCCO)c[nH]c12.Cc1ccc(N)c2c(CCO)c[nH]c12.Cc1ccc(N)c2cc[nH]c12. The van der Waals surface area contributed by atoms with E-state index in [4.69, 9.17) is 48.4 Å². The minimum Gasteiger partial charge on any atom is -0.489 e. The average Bonchev–Trinajstić information content (AvgIpc) is 4.21. The molecule has 5 aromatic carbocycles. The number of methoxy groups -OCH3 is 1. The van der Waals surface area contributed by atoms with E-state index in [1.165, 1.54) is 38.9 Å². The summed E-state index contributed by atoms with van der Waals surface area (Å²) in [6.07, 6.45) is 11.1. The lowest BCUT2D eigenvalue weighted by atomic mass is 10.0. The van der Waals surface area contributed by atoms with E-state index in [0.717, 1.165) is 114 Å². The van der Waals surface area contributed by atoms with Gasteiger partial charge in [0.15, 0.2) is 0 Å². The van der Waals surface area contributed by atoms with Crippen LogP contribution in [0.2, 0.25) is 0 Å². The molecule has 5 heterocycles. The lowest BCUT2D eigenvalue weighted by molar-refractivity contribution is 0.147. The molecule has 0 saturated heterocycles. The maximum absolute atomic E-state index is 8.90. The average molecular weight is 935 g/mol. The van der Waals surface area contributed by atoms with Crippen LogP contribution < -0.4 is 33.4 Å².